The number of alkyl halides is 6. The SMILES string of the molecule is Cc1c(CN2CCC(Nc3ncnc4sc(CC(F)(F)F)cc34)CC2)ccc2c1cc(C#N)n2CCN1CCN(S(=O)NCC(F)(F)F)CC1. The van der Waals surface area contributed by atoms with Crippen molar-refractivity contribution in [3.63, 3.8) is 0 Å². The summed E-state index contributed by atoms with van der Waals surface area (Å²) >= 11 is -0.863. The lowest BCUT2D eigenvalue weighted by Crippen LogP contribution is -2.50. The molecule has 2 N–H and O–H groups in total. The smallest absolute Gasteiger partial charge is 0.367 e. The Hall–Kier alpha value is -3.34. The number of nitrogens with zero attached hydrogens (tertiary/aromatic N) is 7. The molecule has 1 atom stereocenters. The third-order valence-corrected chi connectivity index (χ3v) is 11.5. The monoisotopic (exact) mass is 741 g/mol. The van der Waals surface area contributed by atoms with Crippen LogP contribution in [0.15, 0.2) is 30.6 Å². The molecule has 2 fully saturated rings. The van der Waals surface area contributed by atoms with Gasteiger partial charge in [-0.2, -0.15) is 31.6 Å². The topological polar surface area (TPSA) is 105 Å². The Labute approximate surface area is 291 Å². The van der Waals surface area contributed by atoms with Crippen LogP contribution in [0, 0.1) is 18.3 Å². The van der Waals surface area contributed by atoms with Crippen LogP contribution >= 0.6 is 11.3 Å². The lowest BCUT2D eigenvalue weighted by atomic mass is 10.0. The summed E-state index contributed by atoms with van der Waals surface area (Å²) in [5.41, 5.74) is 3.79. The number of benzene rings is 1. The number of thiophene rings is 1. The molecule has 2 aliphatic heterocycles. The van der Waals surface area contributed by atoms with Gasteiger partial charge in [0.05, 0.1) is 11.8 Å². The maximum atomic E-state index is 12.9. The Balaban J connectivity index is 1.03. The van der Waals surface area contributed by atoms with E-state index in [0.29, 0.717) is 61.0 Å². The number of hydrogen-bond donors (Lipinski definition) is 2. The number of fused-ring (bicyclic) bond motifs is 2. The number of nitriles is 1. The second-order valence-electron chi connectivity index (χ2n) is 12.7. The molecular weight excluding hydrogens is 705 g/mol. The number of aryl methyl sites for hydroxylation is 1. The first kappa shape index (κ1) is 36.5. The van der Waals surface area contributed by atoms with Crippen LogP contribution in [0.3, 0.4) is 0 Å². The van der Waals surface area contributed by atoms with Crippen LogP contribution < -0.4 is 10.0 Å². The number of hydrogen-bond acceptors (Lipinski definition) is 8. The van der Waals surface area contributed by atoms with Crippen LogP contribution in [-0.4, -0.2) is 104 Å². The summed E-state index contributed by atoms with van der Waals surface area (Å²) in [6.07, 6.45) is -6.62. The third-order valence-electron chi connectivity index (χ3n) is 9.26. The zero-order valence-electron chi connectivity index (χ0n) is 27.3. The van der Waals surface area contributed by atoms with E-state index in [0.717, 1.165) is 60.3 Å². The van der Waals surface area contributed by atoms with E-state index in [9.17, 15) is 35.8 Å². The molecule has 18 heteroatoms. The average Bonchev–Trinajstić information content (AvgIpc) is 3.65. The minimum Gasteiger partial charge on any atom is -0.367 e. The zero-order chi connectivity index (χ0) is 35.6. The van der Waals surface area contributed by atoms with Gasteiger partial charge in [0.1, 0.15) is 35.3 Å². The Bertz CT molecular complexity index is 1870. The molecule has 50 heavy (non-hydrogen) atoms. The maximum absolute atomic E-state index is 12.9. The largest absolute Gasteiger partial charge is 0.402 e. The highest BCUT2D eigenvalue weighted by Gasteiger charge is 2.31. The number of likely N-dealkylation sites (tertiary alicyclic amines) is 1. The normalized spacial score (nSPS) is 18.2. The summed E-state index contributed by atoms with van der Waals surface area (Å²) in [5.74, 6) is 0.563. The highest BCUT2D eigenvalue weighted by atomic mass is 32.2. The summed E-state index contributed by atoms with van der Waals surface area (Å²) in [6, 6.07) is 10.1. The summed E-state index contributed by atoms with van der Waals surface area (Å²) < 4.78 is 94.0. The highest BCUT2D eigenvalue weighted by Crippen LogP contribution is 2.33. The lowest BCUT2D eigenvalue weighted by Gasteiger charge is -2.33. The average molecular weight is 742 g/mol. The van der Waals surface area contributed by atoms with Gasteiger partial charge < -0.3 is 9.88 Å². The van der Waals surface area contributed by atoms with Crippen molar-refractivity contribution in [2.75, 3.05) is 57.7 Å². The minimum atomic E-state index is -4.43. The number of piperidine rings is 1. The van der Waals surface area contributed by atoms with E-state index in [2.05, 4.69) is 50.2 Å². The van der Waals surface area contributed by atoms with Crippen LogP contribution in [0.2, 0.25) is 0 Å². The fourth-order valence-corrected chi connectivity index (χ4v) is 8.59. The first-order valence-corrected chi connectivity index (χ1v) is 18.2. The van der Waals surface area contributed by atoms with Crippen molar-refractivity contribution in [2.45, 2.75) is 57.7 Å². The van der Waals surface area contributed by atoms with Crippen molar-refractivity contribution < 1.29 is 30.6 Å². The molecular formula is C32H37F6N9OS2. The Morgan fingerprint density at radius 1 is 0.960 bits per heavy atom. The van der Waals surface area contributed by atoms with Gasteiger partial charge >= 0.3 is 12.4 Å². The second-order valence-corrected chi connectivity index (χ2v) is 15.1. The molecule has 270 valence electrons. The minimum absolute atomic E-state index is 0.127. The highest BCUT2D eigenvalue weighted by molar-refractivity contribution is 7.80. The van der Waals surface area contributed by atoms with Gasteiger partial charge in [-0.25, -0.2) is 23.2 Å². The van der Waals surface area contributed by atoms with E-state index < -0.39 is 36.5 Å². The molecule has 0 radical (unpaired) electrons. The molecule has 5 heterocycles. The number of anilines is 1. The molecule has 0 spiro atoms. The summed E-state index contributed by atoms with van der Waals surface area (Å²) in [7, 11) is 0. The molecule has 2 aliphatic rings. The van der Waals surface area contributed by atoms with Crippen LogP contribution in [0.4, 0.5) is 32.2 Å². The van der Waals surface area contributed by atoms with Gasteiger partial charge in [0.2, 0.25) is 0 Å². The molecule has 4 aromatic rings. The fraction of sp³-hybridized carbons (Fsp3) is 0.531. The fourth-order valence-electron chi connectivity index (χ4n) is 6.60. The number of rotatable bonds is 11. The summed E-state index contributed by atoms with van der Waals surface area (Å²) in [5, 5.41) is 15.0. The molecule has 1 aromatic carbocycles. The summed E-state index contributed by atoms with van der Waals surface area (Å²) in [4.78, 5) is 13.8. The number of nitrogens with one attached hydrogen (secondary N) is 2. The van der Waals surface area contributed by atoms with E-state index in [1.165, 1.54) is 22.3 Å². The predicted octanol–water partition coefficient (Wildman–Crippen LogP) is 5.36. The van der Waals surface area contributed by atoms with E-state index in [4.69, 9.17) is 0 Å². The first-order valence-electron chi connectivity index (χ1n) is 16.3. The maximum Gasteiger partial charge on any atom is 0.402 e. The molecule has 0 saturated carbocycles. The summed E-state index contributed by atoms with van der Waals surface area (Å²) in [6.45, 7) is 6.21. The van der Waals surface area contributed by atoms with Crippen molar-refractivity contribution >= 4 is 49.4 Å². The van der Waals surface area contributed by atoms with Crippen molar-refractivity contribution in [3.05, 3.63) is 52.3 Å². The van der Waals surface area contributed by atoms with Gasteiger partial charge in [0.15, 0.2) is 11.2 Å². The Morgan fingerprint density at radius 3 is 2.38 bits per heavy atom. The third kappa shape index (κ3) is 8.93. The Morgan fingerprint density at radius 2 is 1.70 bits per heavy atom. The van der Waals surface area contributed by atoms with Crippen LogP contribution in [0.25, 0.3) is 21.1 Å². The molecule has 3 aromatic heterocycles. The quantitative estimate of drug-likeness (QED) is 0.200. The van der Waals surface area contributed by atoms with Gasteiger partial charge in [0.25, 0.3) is 0 Å². The molecule has 1 unspecified atom stereocenters. The lowest BCUT2D eigenvalue weighted by molar-refractivity contribution is -0.126. The predicted molar refractivity (Wildman–Crippen MR) is 181 cm³/mol. The van der Waals surface area contributed by atoms with Gasteiger partial charge in [-0.3, -0.25) is 9.80 Å². The molecule has 0 amide bonds. The van der Waals surface area contributed by atoms with Crippen LogP contribution in [0.5, 0.6) is 0 Å². The Kier molecular flexibility index (Phi) is 11.0. The van der Waals surface area contributed by atoms with Gasteiger partial charge in [-0.15, -0.1) is 11.3 Å². The first-order chi connectivity index (χ1) is 23.8. The van der Waals surface area contributed by atoms with Crippen molar-refractivity contribution in [1.82, 2.24) is 33.4 Å². The van der Waals surface area contributed by atoms with Crippen LogP contribution in [0.1, 0.15) is 34.5 Å². The van der Waals surface area contributed by atoms with E-state index in [1.54, 1.807) is 0 Å². The van der Waals surface area contributed by atoms with E-state index in [1.807, 2.05) is 15.4 Å². The molecule has 6 rings (SSSR count). The molecule has 2 saturated heterocycles. The van der Waals surface area contributed by atoms with Gasteiger partial charge in [-0.1, -0.05) is 6.07 Å². The second kappa shape index (κ2) is 15.1. The van der Waals surface area contributed by atoms with Crippen molar-refractivity contribution in [1.29, 1.82) is 5.26 Å². The molecule has 10 nitrogen and oxygen atoms in total. The number of halogens is 6. The standard InChI is InChI=1S/C32H37F6N9OS2/c1-21-22(18-45-6-4-23(5-7-45)43-29-27-15-25(16-31(33,34)35)49-30(27)41-20-40-29)2-3-28-26(21)14-24(17-39)47(28)13-10-44-8-11-46(12-9-44)50(48)42-19-32(36,37)38/h2-3,14-15,20,23,42H,4-13,16,18-19H2,1H3,(H,40,41,43). The van der Waals surface area contributed by atoms with Crippen LogP contribution in [-0.2, 0) is 30.7 Å². The number of piperazine rings is 1. The van der Waals surface area contributed by atoms with Gasteiger partial charge in [0, 0.05) is 80.7 Å². The van der Waals surface area contributed by atoms with E-state index in [-0.39, 0.29) is 10.9 Å². The van der Waals surface area contributed by atoms with Crippen molar-refractivity contribution in [3.8, 4) is 6.07 Å². The van der Waals surface area contributed by atoms with E-state index >= 15 is 0 Å². The number of aromatic nitrogens is 3. The van der Waals surface area contributed by atoms with Gasteiger partial charge in [-0.05, 0) is 49.1 Å². The molecule has 0 aliphatic carbocycles. The molecule has 0 bridgehead atoms. The van der Waals surface area contributed by atoms with Crippen molar-refractivity contribution in [2.24, 2.45) is 0 Å². The zero-order valence-corrected chi connectivity index (χ0v) is 28.9.